The molecule has 0 aromatic heterocycles. The molecule has 9 heteroatoms. The highest BCUT2D eigenvalue weighted by Crippen LogP contribution is 2.43. The average Bonchev–Trinajstić information content (AvgIpc) is 3.35. The fraction of sp³-hybridized carbons (Fsp3) is 0.828. The SMILES string of the molecule is CC/C=C\C/C=C\C/C=C\C/C=C\C/C=C\CCCCCCCCCCCCCCCC(=O)NC(COP(=O)(O)OCC[N+](C)(C)C)C(O)CCCCCCCCCCCCCCCCCCCCCCCC. The van der Waals surface area contributed by atoms with Gasteiger partial charge in [-0.3, -0.25) is 13.8 Å². The summed E-state index contributed by atoms with van der Waals surface area (Å²) in [6.07, 6.45) is 74.3. The van der Waals surface area contributed by atoms with Crippen LogP contribution in [-0.2, 0) is 18.4 Å². The highest BCUT2D eigenvalue weighted by Gasteiger charge is 2.28. The van der Waals surface area contributed by atoms with Crippen LogP contribution < -0.4 is 5.32 Å². The van der Waals surface area contributed by atoms with E-state index >= 15 is 0 Å². The number of aliphatic hydroxyl groups is 1. The molecule has 0 saturated heterocycles. The Morgan fingerprint density at radius 1 is 0.479 bits per heavy atom. The van der Waals surface area contributed by atoms with Crippen molar-refractivity contribution < 1.29 is 32.9 Å². The molecular weight excluding hydrogens is 924 g/mol. The van der Waals surface area contributed by atoms with Crippen LogP contribution in [0.1, 0.15) is 290 Å². The minimum atomic E-state index is -4.33. The van der Waals surface area contributed by atoms with Crippen LogP contribution in [-0.4, -0.2) is 73.4 Å². The van der Waals surface area contributed by atoms with Crippen molar-refractivity contribution in [1.82, 2.24) is 5.32 Å². The Kier molecular flexibility index (Phi) is 53.6. The predicted molar refractivity (Wildman–Crippen MR) is 318 cm³/mol. The first-order chi connectivity index (χ1) is 35.5. The molecule has 0 aliphatic rings. The van der Waals surface area contributed by atoms with Crippen molar-refractivity contribution in [2.24, 2.45) is 0 Å². The lowest BCUT2D eigenvalue weighted by Crippen LogP contribution is -2.46. The van der Waals surface area contributed by atoms with Gasteiger partial charge < -0.3 is 19.8 Å². The number of hydrogen-bond acceptors (Lipinski definition) is 5. The number of quaternary nitrogens is 1. The van der Waals surface area contributed by atoms with E-state index in [1.54, 1.807) is 0 Å². The second-order valence-corrected chi connectivity index (χ2v) is 23.9. The van der Waals surface area contributed by atoms with Crippen LogP contribution in [0.2, 0.25) is 0 Å². The van der Waals surface area contributed by atoms with Gasteiger partial charge in [0.15, 0.2) is 0 Å². The summed E-state index contributed by atoms with van der Waals surface area (Å²) in [5, 5.41) is 14.1. The maximum Gasteiger partial charge on any atom is 0.472 e. The number of amides is 1. The summed E-state index contributed by atoms with van der Waals surface area (Å²) >= 11 is 0. The first kappa shape index (κ1) is 71.2. The Morgan fingerprint density at radius 2 is 0.822 bits per heavy atom. The summed E-state index contributed by atoms with van der Waals surface area (Å²) in [6, 6.07) is -0.764. The second kappa shape index (κ2) is 55.0. The van der Waals surface area contributed by atoms with E-state index in [1.807, 2.05) is 21.1 Å². The molecule has 428 valence electrons. The van der Waals surface area contributed by atoms with Crippen LogP contribution in [0.3, 0.4) is 0 Å². The predicted octanol–water partition coefficient (Wildman–Crippen LogP) is 19.3. The number of unbranched alkanes of at least 4 members (excludes halogenated alkanes) is 34. The Hall–Kier alpha value is -1.80. The smallest absolute Gasteiger partial charge is 0.391 e. The molecule has 0 heterocycles. The lowest BCUT2D eigenvalue weighted by Gasteiger charge is -2.26. The van der Waals surface area contributed by atoms with Gasteiger partial charge in [-0.05, 0) is 57.8 Å². The Morgan fingerprint density at radius 3 is 1.21 bits per heavy atom. The fourth-order valence-corrected chi connectivity index (χ4v) is 9.93. The Balaban J connectivity index is 4.11. The van der Waals surface area contributed by atoms with E-state index < -0.39 is 20.0 Å². The number of likely N-dealkylation sites (N-methyl/N-ethyl adjacent to an activating group) is 1. The monoisotopic (exact) mass is 1050 g/mol. The molecule has 3 N–H and O–H groups in total. The van der Waals surface area contributed by atoms with Gasteiger partial charge in [0.1, 0.15) is 13.2 Å². The molecule has 0 bridgehead atoms. The molecule has 0 aliphatic carbocycles. The molecule has 0 radical (unpaired) electrons. The van der Waals surface area contributed by atoms with E-state index in [0.29, 0.717) is 23.9 Å². The molecule has 3 atom stereocenters. The van der Waals surface area contributed by atoms with Crippen LogP contribution in [0.4, 0.5) is 0 Å². The third kappa shape index (κ3) is 57.7. The third-order valence-corrected chi connectivity index (χ3v) is 15.0. The van der Waals surface area contributed by atoms with Gasteiger partial charge in [-0.15, -0.1) is 0 Å². The van der Waals surface area contributed by atoms with Crippen molar-refractivity contribution >= 4 is 13.7 Å². The van der Waals surface area contributed by atoms with Gasteiger partial charge in [0.25, 0.3) is 0 Å². The van der Waals surface area contributed by atoms with E-state index in [4.69, 9.17) is 9.05 Å². The lowest BCUT2D eigenvalue weighted by atomic mass is 10.0. The van der Waals surface area contributed by atoms with Crippen molar-refractivity contribution in [3.63, 3.8) is 0 Å². The summed E-state index contributed by atoms with van der Waals surface area (Å²) in [7, 11) is 1.62. The maximum absolute atomic E-state index is 13.0. The van der Waals surface area contributed by atoms with Crippen molar-refractivity contribution in [1.29, 1.82) is 0 Å². The van der Waals surface area contributed by atoms with Crippen LogP contribution in [0.25, 0.3) is 0 Å². The molecule has 73 heavy (non-hydrogen) atoms. The first-order valence-corrected chi connectivity index (χ1v) is 32.6. The maximum atomic E-state index is 13.0. The number of aliphatic hydroxyl groups excluding tert-OH is 1. The molecular formula is C64H122N2O6P+. The number of carbonyl (C=O) groups is 1. The molecule has 0 rings (SSSR count). The zero-order valence-electron chi connectivity index (χ0n) is 48.9. The number of phosphoric acid groups is 1. The van der Waals surface area contributed by atoms with E-state index in [2.05, 4.69) is 79.9 Å². The minimum Gasteiger partial charge on any atom is -0.391 e. The Bertz CT molecular complexity index is 1370. The van der Waals surface area contributed by atoms with Gasteiger partial charge in [-0.1, -0.05) is 286 Å². The van der Waals surface area contributed by atoms with Crippen LogP contribution in [0, 0.1) is 0 Å². The Labute approximate surface area is 453 Å². The molecule has 3 unspecified atom stereocenters. The van der Waals surface area contributed by atoms with Crippen molar-refractivity contribution in [3.05, 3.63) is 60.8 Å². The number of carbonyl (C=O) groups excluding carboxylic acids is 1. The first-order valence-electron chi connectivity index (χ1n) is 31.2. The van der Waals surface area contributed by atoms with E-state index in [9.17, 15) is 19.4 Å². The molecule has 0 aromatic rings. The number of phosphoric ester groups is 1. The number of hydrogen-bond donors (Lipinski definition) is 3. The van der Waals surface area contributed by atoms with Crippen LogP contribution in [0.15, 0.2) is 60.8 Å². The van der Waals surface area contributed by atoms with Gasteiger partial charge in [0.05, 0.1) is 39.9 Å². The minimum absolute atomic E-state index is 0.0737. The molecule has 0 fully saturated rings. The fourth-order valence-electron chi connectivity index (χ4n) is 9.19. The number of allylic oxidation sites excluding steroid dienone is 10. The normalized spacial score (nSPS) is 14.2. The largest absolute Gasteiger partial charge is 0.472 e. The summed E-state index contributed by atoms with van der Waals surface area (Å²) in [6.45, 7) is 4.81. The second-order valence-electron chi connectivity index (χ2n) is 22.4. The molecule has 0 spiro atoms. The van der Waals surface area contributed by atoms with E-state index in [0.717, 1.165) is 70.6 Å². The van der Waals surface area contributed by atoms with Gasteiger partial charge in [-0.2, -0.15) is 0 Å². The van der Waals surface area contributed by atoms with Gasteiger partial charge in [0.2, 0.25) is 5.91 Å². The average molecular weight is 1050 g/mol. The van der Waals surface area contributed by atoms with E-state index in [-0.39, 0.29) is 19.1 Å². The van der Waals surface area contributed by atoms with E-state index in [1.165, 1.54) is 193 Å². The molecule has 0 aliphatic heterocycles. The van der Waals surface area contributed by atoms with Gasteiger partial charge in [-0.25, -0.2) is 4.57 Å². The molecule has 1 amide bonds. The summed E-state index contributed by atoms with van der Waals surface area (Å²) < 4.78 is 23.8. The summed E-state index contributed by atoms with van der Waals surface area (Å²) in [5.74, 6) is -0.144. The summed E-state index contributed by atoms with van der Waals surface area (Å²) in [5.41, 5.74) is 0. The zero-order valence-corrected chi connectivity index (χ0v) is 49.8. The van der Waals surface area contributed by atoms with Gasteiger partial charge >= 0.3 is 7.82 Å². The zero-order chi connectivity index (χ0) is 53.5. The summed E-state index contributed by atoms with van der Waals surface area (Å²) in [4.78, 5) is 23.4. The van der Waals surface area contributed by atoms with Crippen molar-refractivity contribution in [2.75, 3.05) is 40.9 Å². The highest BCUT2D eigenvalue weighted by atomic mass is 31.2. The lowest BCUT2D eigenvalue weighted by molar-refractivity contribution is -0.870. The van der Waals surface area contributed by atoms with Crippen molar-refractivity contribution in [2.45, 2.75) is 302 Å². The number of nitrogens with one attached hydrogen (secondary N) is 1. The highest BCUT2D eigenvalue weighted by molar-refractivity contribution is 7.47. The van der Waals surface area contributed by atoms with Gasteiger partial charge in [0, 0.05) is 6.42 Å². The van der Waals surface area contributed by atoms with Crippen LogP contribution >= 0.6 is 7.82 Å². The van der Waals surface area contributed by atoms with Crippen molar-refractivity contribution in [3.8, 4) is 0 Å². The number of nitrogens with zero attached hydrogens (tertiary/aromatic N) is 1. The standard InChI is InChI=1S/C64H121N2O6P/c1-6-8-10-12-14-16-18-20-22-24-26-28-30-31-32-33-34-35-36-38-40-42-44-46-48-50-52-54-56-58-64(68)65-62(61-72-73(69,70)71-60-59-66(3,4)5)63(67)57-55-53-51-49-47-45-43-41-39-37-29-27-25-23-21-19-17-15-13-11-9-7-2/h8,10,14,16,20,22,26,28,31-32,62-63,67H,6-7,9,11-13,15,17-19,21,23-25,27,29-30,33-61H2,1-5H3,(H-,65,68,69,70)/p+1/b10-8-,16-14-,22-20-,28-26-,32-31-. The number of rotatable bonds is 57. The molecule has 0 saturated carbocycles. The molecule has 0 aromatic carbocycles. The topological polar surface area (TPSA) is 105 Å². The quantitative estimate of drug-likeness (QED) is 0.0243. The molecule has 8 nitrogen and oxygen atoms in total. The third-order valence-electron chi connectivity index (χ3n) is 14.0. The van der Waals surface area contributed by atoms with Crippen LogP contribution in [0.5, 0.6) is 0 Å².